The third kappa shape index (κ3) is 3.48. The number of thioether (sulfide) groups is 1. The van der Waals surface area contributed by atoms with Crippen LogP contribution in [0.1, 0.15) is 39.5 Å². The highest BCUT2D eigenvalue weighted by Gasteiger charge is 2.59. The number of hydrogen-bond donors (Lipinski definition) is 0. The summed E-state index contributed by atoms with van der Waals surface area (Å²) in [6, 6.07) is 1.72. The molecule has 3 aliphatic heterocycles. The Morgan fingerprint density at radius 3 is 2.42 bits per heavy atom. The Morgan fingerprint density at radius 1 is 1.04 bits per heavy atom. The Bertz CT molecular complexity index is 704. The summed E-state index contributed by atoms with van der Waals surface area (Å²) in [6.45, 7) is 8.02. The van der Waals surface area contributed by atoms with Crippen LogP contribution in [0.4, 0.5) is 0 Å². The summed E-state index contributed by atoms with van der Waals surface area (Å²) in [5.74, 6) is -1.34. The van der Waals surface area contributed by atoms with Crippen LogP contribution in [0.25, 0.3) is 0 Å². The first-order valence-corrected chi connectivity index (χ1v) is 10.2. The molecule has 0 aromatic carbocycles. The zero-order valence-electron chi connectivity index (χ0n) is 15.4. The molecule has 0 unspecified atom stereocenters. The van der Waals surface area contributed by atoms with Crippen molar-refractivity contribution in [1.29, 1.82) is 0 Å². The highest BCUT2D eigenvalue weighted by molar-refractivity contribution is 7.98. The molecule has 4 heterocycles. The topological polar surface area (TPSA) is 71.9 Å². The van der Waals surface area contributed by atoms with E-state index >= 15 is 0 Å². The Morgan fingerprint density at radius 2 is 1.77 bits per heavy atom. The zero-order valence-corrected chi connectivity index (χ0v) is 17.0. The standard InChI is InChI=1S/C17H23ClN2O5S/c1-16(2)21-7-9(23-16)12-14-13(24-17(3,4)25-14)11(22-12)8-6-10(18)20-15(19-8)26-5/h6,9,11-14H,7H2,1-5H3/t9-,11-,12-,13-,14+/m1/s1. The van der Waals surface area contributed by atoms with Crippen LogP contribution >= 0.6 is 23.4 Å². The molecule has 5 atom stereocenters. The maximum absolute atomic E-state index is 6.33. The van der Waals surface area contributed by atoms with E-state index in [1.54, 1.807) is 6.07 Å². The molecule has 3 aliphatic rings. The largest absolute Gasteiger partial charge is 0.360 e. The number of rotatable bonds is 3. The number of aromatic nitrogens is 2. The van der Waals surface area contributed by atoms with Gasteiger partial charge in [0.25, 0.3) is 0 Å². The fourth-order valence-electron chi connectivity index (χ4n) is 3.69. The molecule has 0 saturated carbocycles. The molecule has 0 spiro atoms. The molecule has 3 fully saturated rings. The highest BCUT2D eigenvalue weighted by atomic mass is 35.5. The van der Waals surface area contributed by atoms with Crippen molar-refractivity contribution in [3.63, 3.8) is 0 Å². The molecule has 0 aliphatic carbocycles. The Labute approximate surface area is 162 Å². The van der Waals surface area contributed by atoms with Gasteiger partial charge in [-0.05, 0) is 40.0 Å². The normalized spacial score (nSPS) is 37.8. The summed E-state index contributed by atoms with van der Waals surface area (Å²) < 4.78 is 30.3. The first-order chi connectivity index (χ1) is 12.2. The summed E-state index contributed by atoms with van der Waals surface area (Å²) >= 11 is 7.60. The van der Waals surface area contributed by atoms with Crippen molar-refractivity contribution < 1.29 is 23.7 Å². The van der Waals surface area contributed by atoms with Crippen LogP contribution in [0.2, 0.25) is 5.15 Å². The van der Waals surface area contributed by atoms with E-state index < -0.39 is 17.7 Å². The zero-order chi connectivity index (χ0) is 18.7. The van der Waals surface area contributed by atoms with Crippen LogP contribution < -0.4 is 0 Å². The lowest BCUT2D eigenvalue weighted by Crippen LogP contribution is -2.40. The van der Waals surface area contributed by atoms with E-state index in [0.29, 0.717) is 22.6 Å². The SMILES string of the molecule is CSc1nc(Cl)cc([C@H]2O[C@H]([C@H]3COC(C)(C)O3)[C@@H]3OC(C)(C)O[C@@H]32)n1. The molecule has 3 saturated heterocycles. The third-order valence-corrected chi connectivity index (χ3v) is 5.40. The molecule has 9 heteroatoms. The number of halogens is 1. The van der Waals surface area contributed by atoms with Gasteiger partial charge in [-0.3, -0.25) is 0 Å². The van der Waals surface area contributed by atoms with Crippen LogP contribution in [0.5, 0.6) is 0 Å². The first kappa shape index (κ1) is 18.9. The first-order valence-electron chi connectivity index (χ1n) is 8.59. The molecular formula is C17H23ClN2O5S. The predicted molar refractivity (Wildman–Crippen MR) is 95.2 cm³/mol. The fraction of sp³-hybridized carbons (Fsp3) is 0.765. The second kappa shape index (κ2) is 6.55. The van der Waals surface area contributed by atoms with Crippen LogP contribution in [0, 0.1) is 0 Å². The molecule has 0 radical (unpaired) electrons. The van der Waals surface area contributed by atoms with Crippen molar-refractivity contribution in [2.24, 2.45) is 0 Å². The summed E-state index contributed by atoms with van der Waals surface area (Å²) in [4.78, 5) is 8.77. The molecule has 0 N–H and O–H groups in total. The van der Waals surface area contributed by atoms with Gasteiger partial charge >= 0.3 is 0 Å². The Hall–Kier alpha value is -0.480. The number of nitrogens with zero attached hydrogens (tertiary/aromatic N) is 2. The van der Waals surface area contributed by atoms with Crippen molar-refractivity contribution in [2.45, 2.75) is 74.9 Å². The lowest BCUT2D eigenvalue weighted by atomic mass is 10.0. The van der Waals surface area contributed by atoms with E-state index in [-0.39, 0.29) is 24.4 Å². The van der Waals surface area contributed by atoms with Gasteiger partial charge < -0.3 is 23.7 Å². The Kier molecular flexibility index (Phi) is 4.75. The molecule has 0 amide bonds. The van der Waals surface area contributed by atoms with Gasteiger partial charge in [0.05, 0.1) is 12.3 Å². The molecule has 0 bridgehead atoms. The minimum Gasteiger partial charge on any atom is -0.360 e. The van der Waals surface area contributed by atoms with E-state index in [9.17, 15) is 0 Å². The maximum atomic E-state index is 6.33. The van der Waals surface area contributed by atoms with Crippen molar-refractivity contribution in [2.75, 3.05) is 12.9 Å². The van der Waals surface area contributed by atoms with Crippen LogP contribution in [-0.4, -0.2) is 58.8 Å². The van der Waals surface area contributed by atoms with Gasteiger partial charge in [-0.25, -0.2) is 9.97 Å². The van der Waals surface area contributed by atoms with E-state index in [2.05, 4.69) is 9.97 Å². The van der Waals surface area contributed by atoms with Crippen molar-refractivity contribution in [3.05, 3.63) is 16.9 Å². The number of hydrogen-bond acceptors (Lipinski definition) is 8. The molecule has 26 heavy (non-hydrogen) atoms. The average molecular weight is 403 g/mol. The van der Waals surface area contributed by atoms with Gasteiger partial charge in [0.15, 0.2) is 16.7 Å². The Balaban J connectivity index is 1.65. The van der Waals surface area contributed by atoms with E-state index in [4.69, 9.17) is 35.3 Å². The summed E-state index contributed by atoms with van der Waals surface area (Å²) in [5, 5.41) is 0.971. The van der Waals surface area contributed by atoms with E-state index in [1.807, 2.05) is 34.0 Å². The smallest absolute Gasteiger partial charge is 0.189 e. The van der Waals surface area contributed by atoms with Gasteiger partial charge in [0.2, 0.25) is 0 Å². The molecule has 4 rings (SSSR count). The van der Waals surface area contributed by atoms with Gasteiger partial charge in [-0.2, -0.15) is 0 Å². The minimum atomic E-state index is -0.705. The van der Waals surface area contributed by atoms with E-state index in [0.717, 1.165) is 0 Å². The monoisotopic (exact) mass is 402 g/mol. The van der Waals surface area contributed by atoms with Gasteiger partial charge in [-0.15, -0.1) is 0 Å². The maximum Gasteiger partial charge on any atom is 0.189 e. The number of ether oxygens (including phenoxy) is 5. The molecule has 7 nitrogen and oxygen atoms in total. The van der Waals surface area contributed by atoms with Crippen molar-refractivity contribution in [1.82, 2.24) is 9.97 Å². The lowest BCUT2D eigenvalue weighted by molar-refractivity contribution is -0.207. The second-order valence-electron chi connectivity index (χ2n) is 7.56. The second-order valence-corrected chi connectivity index (χ2v) is 8.72. The minimum absolute atomic E-state index is 0.239. The third-order valence-electron chi connectivity index (χ3n) is 4.65. The summed E-state index contributed by atoms with van der Waals surface area (Å²) in [6.07, 6.45) is 0.357. The van der Waals surface area contributed by atoms with E-state index in [1.165, 1.54) is 11.8 Å². The van der Waals surface area contributed by atoms with Crippen molar-refractivity contribution >= 4 is 23.4 Å². The van der Waals surface area contributed by atoms with Crippen molar-refractivity contribution in [3.8, 4) is 0 Å². The molecule has 144 valence electrons. The molecular weight excluding hydrogens is 380 g/mol. The van der Waals surface area contributed by atoms with Gasteiger partial charge in [0.1, 0.15) is 35.7 Å². The highest BCUT2D eigenvalue weighted by Crippen LogP contribution is 2.47. The lowest BCUT2D eigenvalue weighted by Gasteiger charge is -2.27. The quantitative estimate of drug-likeness (QED) is 0.434. The molecule has 1 aromatic heterocycles. The van der Waals surface area contributed by atoms with Gasteiger partial charge in [0, 0.05) is 0 Å². The molecule has 1 aromatic rings. The van der Waals surface area contributed by atoms with Gasteiger partial charge in [-0.1, -0.05) is 23.4 Å². The van der Waals surface area contributed by atoms with Crippen LogP contribution in [-0.2, 0) is 23.7 Å². The summed E-state index contributed by atoms with van der Waals surface area (Å²) in [7, 11) is 0. The fourth-order valence-corrected chi connectivity index (χ4v) is 4.32. The number of fused-ring (bicyclic) bond motifs is 1. The predicted octanol–water partition coefficient (Wildman–Crippen LogP) is 2.96. The van der Waals surface area contributed by atoms with Crippen LogP contribution in [0.15, 0.2) is 11.2 Å². The van der Waals surface area contributed by atoms with Crippen LogP contribution in [0.3, 0.4) is 0 Å². The average Bonchev–Trinajstić information content (AvgIpc) is 3.16. The summed E-state index contributed by atoms with van der Waals surface area (Å²) in [5.41, 5.74) is 0.686.